The van der Waals surface area contributed by atoms with Crippen LogP contribution in [0.1, 0.15) is 71.1 Å². The average molecular weight is 357 g/mol. The van der Waals surface area contributed by atoms with Gasteiger partial charge in [0.1, 0.15) is 6.61 Å². The molecular formula is C19H35NO5. The molecule has 1 rings (SSSR count). The number of ether oxygens (including phenoxy) is 2. The Bertz CT molecular complexity index is 369. The minimum absolute atomic E-state index is 0.0509. The van der Waals surface area contributed by atoms with E-state index >= 15 is 0 Å². The molecule has 6 nitrogen and oxygen atoms in total. The first-order valence-corrected chi connectivity index (χ1v) is 9.81. The molecule has 0 aliphatic carbocycles. The number of esters is 2. The first kappa shape index (κ1) is 21.9. The Kier molecular flexibility index (Phi) is 12.3. The third-order valence-electron chi connectivity index (χ3n) is 4.54. The van der Waals surface area contributed by atoms with E-state index in [1.54, 1.807) is 0 Å². The SMILES string of the molecule is CCCCCCCCOC(=O)CC(CO)CC(=O)OCC1CCCN1. The van der Waals surface area contributed by atoms with Gasteiger partial charge in [-0.25, -0.2) is 0 Å². The van der Waals surface area contributed by atoms with Gasteiger partial charge in [0, 0.05) is 18.6 Å². The van der Waals surface area contributed by atoms with Crippen molar-refractivity contribution in [3.63, 3.8) is 0 Å². The number of carbonyl (C=O) groups is 2. The van der Waals surface area contributed by atoms with Gasteiger partial charge in [-0.15, -0.1) is 0 Å². The number of unbranched alkanes of at least 4 members (excludes halogenated alkanes) is 5. The highest BCUT2D eigenvalue weighted by atomic mass is 16.5. The van der Waals surface area contributed by atoms with Gasteiger partial charge in [-0.2, -0.15) is 0 Å². The van der Waals surface area contributed by atoms with Gasteiger partial charge in [-0.1, -0.05) is 39.0 Å². The quantitative estimate of drug-likeness (QED) is 0.367. The van der Waals surface area contributed by atoms with E-state index in [0.717, 1.165) is 32.2 Å². The molecule has 0 aromatic heterocycles. The number of rotatable bonds is 14. The van der Waals surface area contributed by atoms with E-state index in [1.165, 1.54) is 25.7 Å². The van der Waals surface area contributed by atoms with Crippen LogP contribution < -0.4 is 5.32 Å². The maximum Gasteiger partial charge on any atom is 0.306 e. The molecule has 25 heavy (non-hydrogen) atoms. The summed E-state index contributed by atoms with van der Waals surface area (Å²) in [7, 11) is 0. The number of hydrogen-bond donors (Lipinski definition) is 2. The van der Waals surface area contributed by atoms with E-state index in [4.69, 9.17) is 9.47 Å². The fraction of sp³-hybridized carbons (Fsp3) is 0.895. The number of aliphatic hydroxyl groups excluding tert-OH is 1. The smallest absolute Gasteiger partial charge is 0.306 e. The second-order valence-electron chi connectivity index (χ2n) is 6.92. The van der Waals surface area contributed by atoms with Crippen LogP contribution in [0.15, 0.2) is 0 Å². The zero-order chi connectivity index (χ0) is 18.3. The number of aliphatic hydroxyl groups is 1. The van der Waals surface area contributed by atoms with Crippen molar-refractivity contribution in [1.82, 2.24) is 5.32 Å². The predicted octanol–water partition coefficient (Wildman–Crippen LogP) is 2.57. The largest absolute Gasteiger partial charge is 0.466 e. The maximum atomic E-state index is 11.8. The monoisotopic (exact) mass is 357 g/mol. The summed E-state index contributed by atoms with van der Waals surface area (Å²) in [6.45, 7) is 3.70. The molecule has 1 aliphatic heterocycles. The number of hydrogen-bond acceptors (Lipinski definition) is 6. The molecule has 1 saturated heterocycles. The lowest BCUT2D eigenvalue weighted by Crippen LogP contribution is -2.29. The molecule has 0 aromatic carbocycles. The van der Waals surface area contributed by atoms with Crippen molar-refractivity contribution in [3.8, 4) is 0 Å². The third-order valence-corrected chi connectivity index (χ3v) is 4.54. The van der Waals surface area contributed by atoms with Gasteiger partial charge in [0.15, 0.2) is 0 Å². The molecule has 2 N–H and O–H groups in total. The second kappa shape index (κ2) is 14.1. The van der Waals surface area contributed by atoms with E-state index in [0.29, 0.717) is 13.2 Å². The zero-order valence-corrected chi connectivity index (χ0v) is 15.6. The summed E-state index contributed by atoms with van der Waals surface area (Å²) < 4.78 is 10.4. The van der Waals surface area contributed by atoms with Crippen LogP contribution in [-0.4, -0.2) is 49.5 Å². The summed E-state index contributed by atoms with van der Waals surface area (Å²) in [5.41, 5.74) is 0. The first-order valence-electron chi connectivity index (χ1n) is 9.81. The molecule has 0 bridgehead atoms. The van der Waals surface area contributed by atoms with Gasteiger partial charge in [-0.05, 0) is 25.8 Å². The fourth-order valence-corrected chi connectivity index (χ4v) is 2.95. The number of carbonyl (C=O) groups excluding carboxylic acids is 2. The van der Waals surface area contributed by atoms with E-state index in [1.807, 2.05) is 0 Å². The molecule has 1 fully saturated rings. The highest BCUT2D eigenvalue weighted by Crippen LogP contribution is 2.12. The van der Waals surface area contributed by atoms with Crippen molar-refractivity contribution in [2.24, 2.45) is 5.92 Å². The third kappa shape index (κ3) is 11.2. The van der Waals surface area contributed by atoms with Crippen LogP contribution in [0.3, 0.4) is 0 Å². The Morgan fingerprint density at radius 2 is 1.76 bits per heavy atom. The highest BCUT2D eigenvalue weighted by Gasteiger charge is 2.21. The van der Waals surface area contributed by atoms with Crippen LogP contribution in [0.5, 0.6) is 0 Å². The summed E-state index contributed by atoms with van der Waals surface area (Å²) in [6, 6.07) is 0.235. The summed E-state index contributed by atoms with van der Waals surface area (Å²) >= 11 is 0. The van der Waals surface area contributed by atoms with Crippen molar-refractivity contribution in [2.45, 2.75) is 77.2 Å². The molecule has 6 heteroatoms. The molecule has 0 amide bonds. The topological polar surface area (TPSA) is 84.9 Å². The van der Waals surface area contributed by atoms with E-state index < -0.39 is 5.92 Å². The van der Waals surface area contributed by atoms with Crippen molar-refractivity contribution in [2.75, 3.05) is 26.4 Å². The molecule has 1 aliphatic rings. The Hall–Kier alpha value is -1.14. The van der Waals surface area contributed by atoms with Crippen molar-refractivity contribution < 1.29 is 24.2 Å². The molecule has 2 atom stereocenters. The normalized spacial score (nSPS) is 18.1. The lowest BCUT2D eigenvalue weighted by molar-refractivity contribution is -0.148. The van der Waals surface area contributed by atoms with Crippen LogP contribution in [0.4, 0.5) is 0 Å². The summed E-state index contributed by atoms with van der Waals surface area (Å²) in [5, 5.41) is 12.6. The first-order chi connectivity index (χ1) is 12.2. The molecule has 2 unspecified atom stereocenters. The van der Waals surface area contributed by atoms with Gasteiger partial charge < -0.3 is 19.9 Å². The van der Waals surface area contributed by atoms with Crippen molar-refractivity contribution in [1.29, 1.82) is 0 Å². The summed E-state index contributed by atoms with van der Waals surface area (Å²) in [6.07, 6.45) is 9.05. The molecular weight excluding hydrogens is 322 g/mol. The highest BCUT2D eigenvalue weighted by molar-refractivity contribution is 5.73. The van der Waals surface area contributed by atoms with E-state index in [-0.39, 0.29) is 37.4 Å². The lowest BCUT2D eigenvalue weighted by atomic mass is 10.0. The van der Waals surface area contributed by atoms with Gasteiger partial charge in [0.25, 0.3) is 0 Å². The summed E-state index contributed by atoms with van der Waals surface area (Å²) in [5.74, 6) is -1.14. The molecule has 146 valence electrons. The predicted molar refractivity (Wildman–Crippen MR) is 96.1 cm³/mol. The van der Waals surface area contributed by atoms with Gasteiger partial charge in [-0.3, -0.25) is 9.59 Å². The Morgan fingerprint density at radius 1 is 1.08 bits per heavy atom. The standard InChI is InChI=1S/C19H35NO5/c1-2-3-4-5-6-7-11-24-18(22)12-16(14-21)13-19(23)25-15-17-9-8-10-20-17/h16-17,20-21H,2-15H2,1H3. The van der Waals surface area contributed by atoms with Crippen LogP contribution in [-0.2, 0) is 19.1 Å². The van der Waals surface area contributed by atoms with Gasteiger partial charge >= 0.3 is 11.9 Å². The molecule has 0 aromatic rings. The maximum absolute atomic E-state index is 11.8. The lowest BCUT2D eigenvalue weighted by Gasteiger charge is -2.15. The minimum Gasteiger partial charge on any atom is -0.466 e. The molecule has 0 spiro atoms. The van der Waals surface area contributed by atoms with Crippen molar-refractivity contribution in [3.05, 3.63) is 0 Å². The van der Waals surface area contributed by atoms with E-state index in [9.17, 15) is 14.7 Å². The summed E-state index contributed by atoms with van der Waals surface area (Å²) in [4.78, 5) is 23.6. The number of nitrogens with one attached hydrogen (secondary N) is 1. The van der Waals surface area contributed by atoms with Crippen LogP contribution >= 0.6 is 0 Å². The van der Waals surface area contributed by atoms with Crippen molar-refractivity contribution >= 4 is 11.9 Å². The average Bonchev–Trinajstić information content (AvgIpc) is 3.12. The Morgan fingerprint density at radius 3 is 2.40 bits per heavy atom. The fourth-order valence-electron chi connectivity index (χ4n) is 2.95. The van der Waals surface area contributed by atoms with E-state index in [2.05, 4.69) is 12.2 Å². The Labute approximate surface area is 151 Å². The minimum atomic E-state index is -0.430. The molecule has 0 saturated carbocycles. The second-order valence-corrected chi connectivity index (χ2v) is 6.92. The zero-order valence-electron chi connectivity index (χ0n) is 15.6. The van der Waals surface area contributed by atoms with Gasteiger partial charge in [0.05, 0.1) is 19.4 Å². The molecule has 1 heterocycles. The Balaban J connectivity index is 2.08. The van der Waals surface area contributed by atoms with Crippen LogP contribution in [0.2, 0.25) is 0 Å². The van der Waals surface area contributed by atoms with Gasteiger partial charge in [0.2, 0.25) is 0 Å². The van der Waals surface area contributed by atoms with Crippen LogP contribution in [0, 0.1) is 5.92 Å². The molecule has 0 radical (unpaired) electrons. The van der Waals surface area contributed by atoms with Crippen LogP contribution in [0.25, 0.3) is 0 Å².